The predicted molar refractivity (Wildman–Crippen MR) is 92.2 cm³/mol. The molecule has 2 aliphatic heterocycles. The number of piperidine rings is 1. The van der Waals surface area contributed by atoms with Gasteiger partial charge in [0.2, 0.25) is 0 Å². The molecule has 2 saturated heterocycles. The summed E-state index contributed by atoms with van der Waals surface area (Å²) in [5, 5.41) is 3.63. The van der Waals surface area contributed by atoms with E-state index in [2.05, 4.69) is 39.7 Å². The van der Waals surface area contributed by atoms with Crippen LogP contribution in [-0.2, 0) is 0 Å². The summed E-state index contributed by atoms with van der Waals surface area (Å²) in [5.41, 5.74) is 2.08. The Labute approximate surface area is 138 Å². The summed E-state index contributed by atoms with van der Waals surface area (Å²) < 4.78 is 2.44. The number of hydrogen-bond donors (Lipinski definition) is 1. The van der Waals surface area contributed by atoms with Gasteiger partial charge >= 0.3 is 0 Å². The maximum Gasteiger partial charge on any atom is 0.161 e. The van der Waals surface area contributed by atoms with Crippen molar-refractivity contribution < 1.29 is 0 Å². The van der Waals surface area contributed by atoms with Crippen molar-refractivity contribution >= 4 is 11.2 Å². The molecule has 0 saturated carbocycles. The highest BCUT2D eigenvalue weighted by Gasteiger charge is 2.32. The topological polar surface area (TPSA) is 46.0 Å². The third kappa shape index (κ3) is 2.66. The van der Waals surface area contributed by atoms with Crippen molar-refractivity contribution in [3.05, 3.63) is 24.2 Å². The first-order valence-corrected chi connectivity index (χ1v) is 9.07. The molecule has 2 unspecified atom stereocenters. The highest BCUT2D eigenvalue weighted by molar-refractivity contribution is 5.71. The van der Waals surface area contributed by atoms with Gasteiger partial charge in [0.25, 0.3) is 0 Å². The number of nitrogens with one attached hydrogen (secondary N) is 1. The van der Waals surface area contributed by atoms with E-state index in [4.69, 9.17) is 4.98 Å². The first kappa shape index (κ1) is 15.1. The van der Waals surface area contributed by atoms with Crippen LogP contribution in [-0.4, -0.2) is 38.6 Å². The average Bonchev–Trinajstić information content (AvgIpc) is 3.22. The van der Waals surface area contributed by atoms with E-state index in [1.165, 1.54) is 44.5 Å². The van der Waals surface area contributed by atoms with E-state index in [0.29, 0.717) is 18.2 Å². The van der Waals surface area contributed by atoms with Gasteiger partial charge in [0, 0.05) is 18.8 Å². The number of likely N-dealkylation sites (tertiary alicyclic amines) is 1. The van der Waals surface area contributed by atoms with Crippen molar-refractivity contribution in [2.45, 2.75) is 64.2 Å². The largest absolute Gasteiger partial charge is 0.307 e. The maximum absolute atomic E-state index is 4.97. The van der Waals surface area contributed by atoms with Gasteiger partial charge in [-0.15, -0.1) is 0 Å². The van der Waals surface area contributed by atoms with Crippen LogP contribution < -0.4 is 5.32 Å². The normalized spacial score (nSPS) is 26.4. The number of imidazole rings is 1. The molecule has 4 rings (SSSR count). The summed E-state index contributed by atoms with van der Waals surface area (Å²) in [5.74, 6) is 1.19. The molecule has 5 nitrogen and oxygen atoms in total. The Balaban J connectivity index is 1.84. The van der Waals surface area contributed by atoms with E-state index < -0.39 is 0 Å². The summed E-state index contributed by atoms with van der Waals surface area (Å²) in [6, 6.07) is 5.01. The molecule has 0 radical (unpaired) electrons. The molecule has 2 aliphatic rings. The van der Waals surface area contributed by atoms with Gasteiger partial charge in [0.05, 0.1) is 12.2 Å². The molecular weight excluding hydrogens is 286 g/mol. The van der Waals surface area contributed by atoms with Crippen molar-refractivity contribution in [2.24, 2.45) is 0 Å². The second-order valence-electron chi connectivity index (χ2n) is 7.14. The Kier molecular flexibility index (Phi) is 4.07. The number of fused-ring (bicyclic) bond motifs is 1. The van der Waals surface area contributed by atoms with E-state index in [9.17, 15) is 0 Å². The van der Waals surface area contributed by atoms with E-state index in [-0.39, 0.29) is 0 Å². The third-order valence-electron chi connectivity index (χ3n) is 5.32. The predicted octanol–water partition coefficient (Wildman–Crippen LogP) is 3.25. The van der Waals surface area contributed by atoms with Crippen LogP contribution in [0.3, 0.4) is 0 Å². The quantitative estimate of drug-likeness (QED) is 0.945. The summed E-state index contributed by atoms with van der Waals surface area (Å²) in [6.07, 6.45) is 8.48. The fourth-order valence-corrected chi connectivity index (χ4v) is 4.21. The molecule has 23 heavy (non-hydrogen) atoms. The monoisotopic (exact) mass is 313 g/mol. The van der Waals surface area contributed by atoms with Gasteiger partial charge in [0.15, 0.2) is 5.65 Å². The Morgan fingerprint density at radius 3 is 2.91 bits per heavy atom. The molecule has 0 amide bonds. The molecule has 2 atom stereocenters. The van der Waals surface area contributed by atoms with Crippen molar-refractivity contribution in [3.8, 4) is 0 Å². The zero-order valence-corrected chi connectivity index (χ0v) is 14.2. The van der Waals surface area contributed by atoms with Gasteiger partial charge in [-0.1, -0.05) is 0 Å². The van der Waals surface area contributed by atoms with Crippen LogP contribution in [0, 0.1) is 0 Å². The minimum atomic E-state index is 0.375. The highest BCUT2D eigenvalue weighted by atomic mass is 15.3. The molecule has 0 aliphatic carbocycles. The lowest BCUT2D eigenvalue weighted by Gasteiger charge is -2.40. The van der Waals surface area contributed by atoms with Gasteiger partial charge < -0.3 is 5.32 Å². The molecule has 2 aromatic rings. The number of hydrogen-bond acceptors (Lipinski definition) is 4. The lowest BCUT2D eigenvalue weighted by molar-refractivity contribution is 0.0637. The average molecular weight is 313 g/mol. The zero-order chi connectivity index (χ0) is 15.8. The second kappa shape index (κ2) is 6.21. The maximum atomic E-state index is 4.97. The fourth-order valence-electron chi connectivity index (χ4n) is 4.21. The van der Waals surface area contributed by atoms with Crippen LogP contribution in [0.1, 0.15) is 64.0 Å². The lowest BCUT2D eigenvalue weighted by Crippen LogP contribution is -2.42. The van der Waals surface area contributed by atoms with Crippen LogP contribution in [0.4, 0.5) is 0 Å². The molecule has 4 heterocycles. The van der Waals surface area contributed by atoms with Crippen LogP contribution in [0.5, 0.6) is 0 Å². The van der Waals surface area contributed by atoms with Crippen LogP contribution in [0.2, 0.25) is 0 Å². The van der Waals surface area contributed by atoms with Crippen LogP contribution >= 0.6 is 0 Å². The SMILES string of the molecule is CC(C)N1CCCCC1n1c(C2CCCN2)nc2cccnc21. The van der Waals surface area contributed by atoms with Gasteiger partial charge in [-0.25, -0.2) is 9.97 Å². The Morgan fingerprint density at radius 2 is 2.13 bits per heavy atom. The third-order valence-corrected chi connectivity index (χ3v) is 5.32. The van der Waals surface area contributed by atoms with Crippen molar-refractivity contribution in [3.63, 3.8) is 0 Å². The molecule has 2 fully saturated rings. The van der Waals surface area contributed by atoms with E-state index in [0.717, 1.165) is 17.7 Å². The summed E-state index contributed by atoms with van der Waals surface area (Å²) in [7, 11) is 0. The van der Waals surface area contributed by atoms with Crippen molar-refractivity contribution in [1.82, 2.24) is 24.8 Å². The van der Waals surface area contributed by atoms with E-state index >= 15 is 0 Å². The number of rotatable bonds is 3. The second-order valence-corrected chi connectivity index (χ2v) is 7.14. The summed E-state index contributed by atoms with van der Waals surface area (Å²) >= 11 is 0. The van der Waals surface area contributed by atoms with Crippen LogP contribution in [0.15, 0.2) is 18.3 Å². The number of nitrogens with zero attached hydrogens (tertiary/aromatic N) is 4. The molecule has 5 heteroatoms. The molecule has 0 aromatic carbocycles. The van der Waals surface area contributed by atoms with E-state index in [1.54, 1.807) is 0 Å². The van der Waals surface area contributed by atoms with Gasteiger partial charge in [-0.3, -0.25) is 9.47 Å². The molecule has 0 bridgehead atoms. The van der Waals surface area contributed by atoms with Crippen molar-refractivity contribution in [2.75, 3.05) is 13.1 Å². The summed E-state index contributed by atoms with van der Waals surface area (Å²) in [6.45, 7) is 6.88. The molecule has 124 valence electrons. The van der Waals surface area contributed by atoms with Crippen LogP contribution in [0.25, 0.3) is 11.2 Å². The summed E-state index contributed by atoms with van der Waals surface area (Å²) in [4.78, 5) is 12.3. The van der Waals surface area contributed by atoms with Crippen molar-refractivity contribution in [1.29, 1.82) is 0 Å². The zero-order valence-electron chi connectivity index (χ0n) is 14.2. The first-order valence-electron chi connectivity index (χ1n) is 9.07. The molecule has 1 N–H and O–H groups in total. The molecule has 0 spiro atoms. The minimum Gasteiger partial charge on any atom is -0.307 e. The molecule has 2 aromatic heterocycles. The Hall–Kier alpha value is -1.46. The fraction of sp³-hybridized carbons (Fsp3) is 0.667. The first-order chi connectivity index (χ1) is 11.3. The molecular formula is C18H27N5. The highest BCUT2D eigenvalue weighted by Crippen LogP contribution is 2.35. The number of aromatic nitrogens is 3. The Bertz CT molecular complexity index is 671. The Morgan fingerprint density at radius 1 is 1.22 bits per heavy atom. The lowest BCUT2D eigenvalue weighted by atomic mass is 10.0. The smallest absolute Gasteiger partial charge is 0.161 e. The van der Waals surface area contributed by atoms with Gasteiger partial charge in [-0.2, -0.15) is 0 Å². The minimum absolute atomic E-state index is 0.375. The standard InChI is InChI=1S/C18H27N5/c1-13(2)22-12-4-3-9-16(22)23-17-15(8-6-11-20-17)21-18(23)14-7-5-10-19-14/h6,8,11,13-14,16,19H,3-5,7,9-10,12H2,1-2H3. The number of pyridine rings is 1. The van der Waals surface area contributed by atoms with E-state index in [1.807, 2.05) is 12.3 Å². The van der Waals surface area contributed by atoms with Gasteiger partial charge in [0.1, 0.15) is 11.3 Å². The van der Waals surface area contributed by atoms with Gasteiger partial charge in [-0.05, 0) is 64.6 Å².